The van der Waals surface area contributed by atoms with Gasteiger partial charge in [-0.25, -0.2) is 33.6 Å². The number of hydrogen-bond acceptors (Lipinski definition) is 15. The Bertz CT molecular complexity index is 6270. The van der Waals surface area contributed by atoms with E-state index in [4.69, 9.17) is 15.2 Å². The summed E-state index contributed by atoms with van der Waals surface area (Å²) in [6.45, 7) is 23.7. The lowest BCUT2D eigenvalue weighted by Gasteiger charge is -2.35. The molecule has 15 rings (SSSR count). The van der Waals surface area contributed by atoms with E-state index in [1.54, 1.807) is 66.7 Å². The van der Waals surface area contributed by atoms with Crippen LogP contribution in [0.15, 0.2) is 269 Å². The van der Waals surface area contributed by atoms with E-state index < -0.39 is 17.3 Å². The van der Waals surface area contributed by atoms with Crippen molar-refractivity contribution in [2.45, 2.75) is 135 Å². The molecule has 0 spiro atoms. The van der Waals surface area contributed by atoms with E-state index in [-0.39, 0.29) is 114 Å². The van der Waals surface area contributed by atoms with Gasteiger partial charge in [-0.1, -0.05) is 222 Å². The van der Waals surface area contributed by atoms with Crippen LogP contribution in [0, 0.1) is 32.0 Å². The molecule has 722 valence electrons. The Morgan fingerprint density at radius 1 is 0.380 bits per heavy atom. The molecule has 9 aromatic carbocycles. The third kappa shape index (κ3) is 27.5. The van der Waals surface area contributed by atoms with Crippen LogP contribution in [-0.4, -0.2) is 203 Å². The monoisotopic (exact) mass is 1860 g/mol. The SMILES string of the molecule is C.C.C.Cc1ccccc1-n1c(-c2ccccc2)c(C(=O)N2CCN(C(=O)OC(C)(C)C)CC2)n(CCCN)c1=O.Cc1ccccc1-n1c(-c2ccccc2)c(C(=O)N2CCN(C(=O)OC(C)(C)C)CC2)n(CCCNC(=O)Nc2ccccc2)c1=O.Cc1ccccc1-n1c(-c2ccccc2)c(C(=O)N2CCNCC2)n(CCCNC(=O)Nc2ccccc2)c1=O.[O-][N+]#Cc1ccccc1. The van der Waals surface area contributed by atoms with E-state index >= 15 is 0 Å². The first-order valence-corrected chi connectivity index (χ1v) is 45.1. The van der Waals surface area contributed by atoms with E-state index in [1.807, 2.05) is 298 Å². The lowest BCUT2D eigenvalue weighted by atomic mass is 10.1. The molecule has 9 amide bonds. The van der Waals surface area contributed by atoms with Crippen molar-refractivity contribution in [1.82, 2.24) is 67.9 Å². The molecule has 137 heavy (non-hydrogen) atoms. The number of hydrogen-bond donors (Lipinski definition) is 6. The summed E-state index contributed by atoms with van der Waals surface area (Å²) >= 11 is 0. The van der Waals surface area contributed by atoms with Gasteiger partial charge in [0, 0.05) is 144 Å². The summed E-state index contributed by atoms with van der Waals surface area (Å²) in [6, 6.07) is 80.5. The van der Waals surface area contributed by atoms with Gasteiger partial charge in [0.05, 0.1) is 34.1 Å². The van der Waals surface area contributed by atoms with E-state index in [2.05, 4.69) is 37.7 Å². The number of carbonyl (C=O) groups is 7. The highest BCUT2D eigenvalue weighted by Crippen LogP contribution is 2.34. The molecular formula is C106H130N18O13. The van der Waals surface area contributed by atoms with E-state index in [9.17, 15) is 53.2 Å². The molecule has 3 aliphatic heterocycles. The highest BCUT2D eigenvalue weighted by Gasteiger charge is 2.38. The fraction of sp³-hybridized carbons (Fsp3) is 0.330. The van der Waals surface area contributed by atoms with Gasteiger partial charge in [-0.3, -0.25) is 41.8 Å². The maximum Gasteiger partial charge on any atom is 0.410 e. The quantitative estimate of drug-likeness (QED) is 0.0271. The number of nitrogens with one attached hydrogen (secondary N) is 5. The number of ether oxygens (including phenoxy) is 2. The molecule has 7 N–H and O–H groups in total. The molecule has 0 saturated carbocycles. The highest BCUT2D eigenvalue weighted by molar-refractivity contribution is 6.01. The van der Waals surface area contributed by atoms with E-state index in [0.717, 1.165) is 44.8 Å². The number of para-hydroxylation sites is 5. The van der Waals surface area contributed by atoms with Crippen molar-refractivity contribution >= 4 is 53.3 Å². The van der Waals surface area contributed by atoms with Crippen LogP contribution in [0.1, 0.15) is 137 Å². The molecule has 0 aliphatic carbocycles. The lowest BCUT2D eigenvalue weighted by molar-refractivity contribution is 0.0134. The number of imidazole rings is 3. The van der Waals surface area contributed by atoms with Crippen LogP contribution in [0.4, 0.5) is 30.6 Å². The Morgan fingerprint density at radius 2 is 0.650 bits per heavy atom. The van der Waals surface area contributed by atoms with Gasteiger partial charge in [0.15, 0.2) is 0 Å². The number of amides is 9. The van der Waals surface area contributed by atoms with Crippen LogP contribution in [-0.2, 0) is 29.1 Å². The highest BCUT2D eigenvalue weighted by atomic mass is 16.6. The number of carbonyl (C=O) groups excluding carboxylic acids is 7. The van der Waals surface area contributed by atoms with Gasteiger partial charge in [-0.15, -0.1) is 0 Å². The number of aryl methyl sites for hydroxylation is 3. The molecule has 6 heterocycles. The number of nitrogens with zero attached hydrogens (tertiary/aromatic N) is 12. The molecule has 31 nitrogen and oxygen atoms in total. The van der Waals surface area contributed by atoms with Crippen LogP contribution >= 0.6 is 0 Å². The summed E-state index contributed by atoms with van der Waals surface area (Å²) in [6.07, 6.45) is 0.621. The summed E-state index contributed by atoms with van der Waals surface area (Å²) in [5.74, 6) is -0.708. The van der Waals surface area contributed by atoms with Crippen LogP contribution in [0.3, 0.4) is 0 Å². The maximum atomic E-state index is 14.5. The molecule has 0 unspecified atom stereocenters. The minimum Gasteiger partial charge on any atom is -0.498 e. The van der Waals surface area contributed by atoms with Crippen LogP contribution in [0.25, 0.3) is 55.8 Å². The third-order valence-electron chi connectivity index (χ3n) is 22.4. The molecule has 3 saturated heterocycles. The molecule has 3 aliphatic rings. The smallest absolute Gasteiger partial charge is 0.410 e. The zero-order chi connectivity index (χ0) is 95.4. The third-order valence-corrected chi connectivity index (χ3v) is 22.4. The van der Waals surface area contributed by atoms with Gasteiger partial charge in [0.1, 0.15) is 33.8 Å². The number of anilines is 2. The van der Waals surface area contributed by atoms with Gasteiger partial charge in [-0.05, 0) is 159 Å². The topological polar surface area (TPSA) is 349 Å². The molecule has 0 bridgehead atoms. The predicted molar refractivity (Wildman–Crippen MR) is 543 cm³/mol. The van der Waals surface area contributed by atoms with Gasteiger partial charge in [0.25, 0.3) is 17.7 Å². The molecule has 3 aromatic heterocycles. The molecule has 31 heteroatoms. The second kappa shape index (κ2) is 50.2. The molecule has 12 aromatic rings. The average molecular weight is 1860 g/mol. The minimum absolute atomic E-state index is 0. The summed E-state index contributed by atoms with van der Waals surface area (Å²) in [4.78, 5) is 144. The summed E-state index contributed by atoms with van der Waals surface area (Å²) in [5, 5.41) is 26.7. The first kappa shape index (κ1) is 105. The number of benzene rings is 9. The van der Waals surface area contributed by atoms with Crippen molar-refractivity contribution in [3.05, 3.63) is 336 Å². The largest absolute Gasteiger partial charge is 0.498 e. The molecule has 0 radical (unpaired) electrons. The van der Waals surface area contributed by atoms with Crippen LogP contribution in [0.2, 0.25) is 0 Å². The minimum atomic E-state index is -0.625. The number of rotatable bonds is 22. The second-order valence-corrected chi connectivity index (χ2v) is 34.3. The predicted octanol–water partition coefficient (Wildman–Crippen LogP) is 16.8. The first-order chi connectivity index (χ1) is 64.6. The van der Waals surface area contributed by atoms with Crippen LogP contribution in [0.5, 0.6) is 0 Å². The van der Waals surface area contributed by atoms with Gasteiger partial charge < -0.3 is 71.5 Å². The maximum absolute atomic E-state index is 14.5. The zero-order valence-corrected chi connectivity index (χ0v) is 77.3. The average Bonchev–Trinajstić information content (AvgIpc) is 1.60. The fourth-order valence-corrected chi connectivity index (χ4v) is 15.8. The summed E-state index contributed by atoms with van der Waals surface area (Å²) in [5.41, 5.74) is 15.6. The van der Waals surface area contributed by atoms with Gasteiger partial charge >= 0.3 is 47.4 Å². The van der Waals surface area contributed by atoms with Crippen molar-refractivity contribution in [3.63, 3.8) is 0 Å². The van der Waals surface area contributed by atoms with Crippen molar-refractivity contribution in [2.75, 3.05) is 109 Å². The van der Waals surface area contributed by atoms with Crippen molar-refractivity contribution in [1.29, 1.82) is 0 Å². The van der Waals surface area contributed by atoms with Crippen molar-refractivity contribution < 1.29 is 43.0 Å². The molecule has 3 fully saturated rings. The number of aromatic nitrogens is 6. The lowest BCUT2D eigenvalue weighted by Crippen LogP contribution is -2.52. The van der Waals surface area contributed by atoms with Gasteiger partial charge in [0.2, 0.25) is 0 Å². The van der Waals surface area contributed by atoms with Gasteiger partial charge in [-0.2, -0.15) is 0 Å². The number of urea groups is 2. The Kier molecular flexibility index (Phi) is 38.6. The summed E-state index contributed by atoms with van der Waals surface area (Å²) in [7, 11) is 0. The van der Waals surface area contributed by atoms with Crippen molar-refractivity contribution in [3.8, 4) is 56.9 Å². The Labute approximate surface area is 801 Å². The Morgan fingerprint density at radius 3 is 0.942 bits per heavy atom. The number of nitrogens with two attached hydrogens (primary N) is 1. The first-order valence-electron chi connectivity index (χ1n) is 45.1. The van der Waals surface area contributed by atoms with Crippen molar-refractivity contribution in [2.24, 2.45) is 5.73 Å². The second-order valence-electron chi connectivity index (χ2n) is 34.3. The normalized spacial score (nSPS) is 12.8. The zero-order valence-electron chi connectivity index (χ0n) is 77.3. The summed E-state index contributed by atoms with van der Waals surface area (Å²) < 4.78 is 20.6. The number of piperazine rings is 3. The molecular weight excluding hydrogens is 1730 g/mol. The fourth-order valence-electron chi connectivity index (χ4n) is 15.8. The molecule has 0 atom stereocenters. The van der Waals surface area contributed by atoms with Crippen LogP contribution < -0.4 is 49.4 Å². The Balaban J connectivity index is 0.000000218. The van der Waals surface area contributed by atoms with E-state index in [0.29, 0.717) is 155 Å². The standard InChI is InChI=1S/C36H42N6O5.C31H34N6O3.C29H37N5O4.C7H5NO.3CH4/c1-26-14-11-12-19-29(26)42-30(27-15-7-5-8-16-27)31(32(43)39-22-24-40(25-23-39)35(46)47-36(2,3)4)41(34(42)45)21-13-20-37-33(44)38-28-17-9-6-10-18-28;1-23-11-8-9-16-26(23)37-27(24-12-4-2-5-13-24)28(29(38)35-21-18-32-19-22-35)36(31(37)40)20-10-17-33-30(39)34-25-14-6-3-7-15-25;1-21-11-8-9-14-23(21)34-24(22-12-6-5-7-13-22)25(33(27(34)36)16-10-15-30)26(35)31-17-19-32(20-18-31)28(37)38-29(2,3)4;9-8-6-7-4-2-1-3-5-7;;;/h5-12,14-19H,13,20-25H2,1-4H3,(H2,37,38,44);2-9,11-16,32H,10,17-22H2,1H3,(H2,33,34,39);5-9,11-14H,10,15-20,30H2,1-4H3;1-5H;3*1H4. The van der Waals surface area contributed by atoms with E-state index in [1.165, 1.54) is 4.57 Å². The Hall–Kier alpha value is -15.3.